The second kappa shape index (κ2) is 3.45. The topological polar surface area (TPSA) is 26.0 Å². The highest BCUT2D eigenvalue weighted by atomic mass is 79.9. The van der Waals surface area contributed by atoms with Gasteiger partial charge in [0.1, 0.15) is 5.82 Å². The highest BCUT2D eigenvalue weighted by molar-refractivity contribution is 9.10. The second-order valence-corrected chi connectivity index (χ2v) is 5.18. The van der Waals surface area contributed by atoms with Gasteiger partial charge in [-0.25, -0.2) is 4.39 Å². The van der Waals surface area contributed by atoms with Crippen LogP contribution in [0.3, 0.4) is 0 Å². The SMILES string of the molecule is Nc1c(Br)cc(C2CC2)c2cc(F)ccc12. The maximum absolute atomic E-state index is 13.3. The molecular weight excluding hydrogens is 269 g/mol. The lowest BCUT2D eigenvalue weighted by Crippen LogP contribution is -1.93. The van der Waals surface area contributed by atoms with Gasteiger partial charge >= 0.3 is 0 Å². The van der Waals surface area contributed by atoms with Crippen LogP contribution in [0.25, 0.3) is 10.8 Å². The standard InChI is InChI=1S/C13H11BrFN/c14-12-6-10(7-1-2-7)11-5-8(15)3-4-9(11)13(12)16/h3-7H,1-2,16H2. The summed E-state index contributed by atoms with van der Waals surface area (Å²) in [6, 6.07) is 6.85. The van der Waals surface area contributed by atoms with Gasteiger partial charge < -0.3 is 5.73 Å². The Balaban J connectivity index is 2.39. The number of anilines is 1. The summed E-state index contributed by atoms with van der Waals surface area (Å²) in [5, 5.41) is 1.90. The van der Waals surface area contributed by atoms with Gasteiger partial charge in [0.05, 0.1) is 5.69 Å². The van der Waals surface area contributed by atoms with E-state index in [9.17, 15) is 4.39 Å². The molecule has 0 bridgehead atoms. The number of hydrogen-bond donors (Lipinski definition) is 1. The number of rotatable bonds is 1. The van der Waals surface area contributed by atoms with Crippen LogP contribution in [0.5, 0.6) is 0 Å². The van der Waals surface area contributed by atoms with Crippen molar-refractivity contribution in [1.29, 1.82) is 0 Å². The highest BCUT2D eigenvalue weighted by Crippen LogP contribution is 2.46. The van der Waals surface area contributed by atoms with Crippen LogP contribution in [0.15, 0.2) is 28.7 Å². The van der Waals surface area contributed by atoms with E-state index in [1.165, 1.54) is 24.5 Å². The normalized spacial score (nSPS) is 15.6. The first-order valence-electron chi connectivity index (χ1n) is 5.34. The Morgan fingerprint density at radius 2 is 1.94 bits per heavy atom. The van der Waals surface area contributed by atoms with Gasteiger partial charge in [0.25, 0.3) is 0 Å². The summed E-state index contributed by atoms with van der Waals surface area (Å²) in [6.45, 7) is 0. The van der Waals surface area contributed by atoms with Gasteiger partial charge in [0.15, 0.2) is 0 Å². The highest BCUT2D eigenvalue weighted by Gasteiger charge is 2.26. The molecule has 82 valence electrons. The number of fused-ring (bicyclic) bond motifs is 1. The van der Waals surface area contributed by atoms with Crippen molar-refractivity contribution in [3.8, 4) is 0 Å². The first-order valence-corrected chi connectivity index (χ1v) is 6.13. The van der Waals surface area contributed by atoms with E-state index in [0.717, 1.165) is 15.2 Å². The van der Waals surface area contributed by atoms with Crippen LogP contribution in [0.1, 0.15) is 24.3 Å². The second-order valence-electron chi connectivity index (χ2n) is 4.33. The molecule has 0 amide bonds. The molecule has 0 unspecified atom stereocenters. The quantitative estimate of drug-likeness (QED) is 0.778. The fraction of sp³-hybridized carbons (Fsp3) is 0.231. The minimum absolute atomic E-state index is 0.198. The van der Waals surface area contributed by atoms with Gasteiger partial charge in [0, 0.05) is 9.86 Å². The zero-order valence-electron chi connectivity index (χ0n) is 8.63. The largest absolute Gasteiger partial charge is 0.397 e. The Morgan fingerprint density at radius 1 is 1.19 bits per heavy atom. The minimum atomic E-state index is -0.198. The third-order valence-corrected chi connectivity index (χ3v) is 3.80. The van der Waals surface area contributed by atoms with E-state index in [1.807, 2.05) is 6.07 Å². The van der Waals surface area contributed by atoms with E-state index in [4.69, 9.17) is 5.73 Å². The van der Waals surface area contributed by atoms with Crippen molar-refractivity contribution in [2.45, 2.75) is 18.8 Å². The number of nitrogen functional groups attached to an aromatic ring is 1. The van der Waals surface area contributed by atoms with Crippen LogP contribution in [0.4, 0.5) is 10.1 Å². The van der Waals surface area contributed by atoms with Gasteiger partial charge in [-0.15, -0.1) is 0 Å². The summed E-state index contributed by atoms with van der Waals surface area (Å²) in [5.41, 5.74) is 7.90. The van der Waals surface area contributed by atoms with Crippen molar-refractivity contribution in [3.05, 3.63) is 40.1 Å². The molecule has 3 rings (SSSR count). The fourth-order valence-corrected chi connectivity index (χ4v) is 2.60. The maximum atomic E-state index is 13.3. The Bertz CT molecular complexity index is 576. The lowest BCUT2D eigenvalue weighted by molar-refractivity contribution is 0.629. The van der Waals surface area contributed by atoms with Gasteiger partial charge in [-0.1, -0.05) is 0 Å². The van der Waals surface area contributed by atoms with Crippen LogP contribution in [-0.2, 0) is 0 Å². The van der Waals surface area contributed by atoms with E-state index in [2.05, 4.69) is 15.9 Å². The van der Waals surface area contributed by atoms with Crippen LogP contribution in [0, 0.1) is 5.82 Å². The summed E-state index contributed by atoms with van der Waals surface area (Å²) >= 11 is 3.46. The molecule has 0 saturated heterocycles. The molecule has 1 fully saturated rings. The molecule has 0 atom stereocenters. The van der Waals surface area contributed by atoms with Crippen LogP contribution in [0.2, 0.25) is 0 Å². The fourth-order valence-electron chi connectivity index (χ4n) is 2.14. The first-order chi connectivity index (χ1) is 7.66. The monoisotopic (exact) mass is 279 g/mol. The van der Waals surface area contributed by atoms with Crippen LogP contribution in [-0.4, -0.2) is 0 Å². The molecule has 2 N–H and O–H groups in total. The average molecular weight is 280 g/mol. The van der Waals surface area contributed by atoms with E-state index in [1.54, 1.807) is 12.1 Å². The van der Waals surface area contributed by atoms with Crippen molar-refractivity contribution in [2.75, 3.05) is 5.73 Å². The number of halogens is 2. The Morgan fingerprint density at radius 3 is 2.62 bits per heavy atom. The molecular formula is C13H11BrFN. The van der Waals surface area contributed by atoms with Gasteiger partial charge in [-0.2, -0.15) is 0 Å². The average Bonchev–Trinajstić information content (AvgIpc) is 3.07. The maximum Gasteiger partial charge on any atom is 0.123 e. The Hall–Kier alpha value is -1.09. The Kier molecular flexibility index (Phi) is 2.18. The predicted octanol–water partition coefficient (Wildman–Crippen LogP) is 4.20. The molecule has 0 aliphatic heterocycles. The molecule has 1 aliphatic carbocycles. The van der Waals surface area contributed by atoms with Crippen molar-refractivity contribution >= 4 is 32.4 Å². The molecule has 1 saturated carbocycles. The number of hydrogen-bond acceptors (Lipinski definition) is 1. The lowest BCUT2D eigenvalue weighted by Gasteiger charge is -2.10. The number of nitrogens with two attached hydrogens (primary N) is 1. The molecule has 2 aromatic carbocycles. The summed E-state index contributed by atoms with van der Waals surface area (Å²) in [5.74, 6) is 0.386. The van der Waals surface area contributed by atoms with Gasteiger partial charge in [0.2, 0.25) is 0 Å². The van der Waals surface area contributed by atoms with Crippen LogP contribution < -0.4 is 5.73 Å². The third-order valence-electron chi connectivity index (χ3n) is 3.14. The van der Waals surface area contributed by atoms with Crippen molar-refractivity contribution in [3.63, 3.8) is 0 Å². The minimum Gasteiger partial charge on any atom is -0.397 e. The first kappa shape index (κ1) is 10.1. The molecule has 1 nitrogen and oxygen atoms in total. The summed E-state index contributed by atoms with van der Waals surface area (Å²) in [4.78, 5) is 0. The molecule has 0 heterocycles. The molecule has 0 aromatic heterocycles. The zero-order chi connectivity index (χ0) is 11.3. The molecule has 0 spiro atoms. The lowest BCUT2D eigenvalue weighted by atomic mass is 10.00. The molecule has 16 heavy (non-hydrogen) atoms. The molecule has 3 heteroatoms. The van der Waals surface area contributed by atoms with Crippen LogP contribution >= 0.6 is 15.9 Å². The van der Waals surface area contributed by atoms with E-state index in [-0.39, 0.29) is 5.82 Å². The van der Waals surface area contributed by atoms with Gasteiger partial charge in [-0.05, 0) is 69.9 Å². The smallest absolute Gasteiger partial charge is 0.123 e. The van der Waals surface area contributed by atoms with Gasteiger partial charge in [-0.3, -0.25) is 0 Å². The third kappa shape index (κ3) is 1.50. The number of benzene rings is 2. The Labute approximate surface area is 102 Å². The predicted molar refractivity (Wildman–Crippen MR) is 68.0 cm³/mol. The molecule has 2 aromatic rings. The van der Waals surface area contributed by atoms with Crippen molar-refractivity contribution in [2.24, 2.45) is 0 Å². The summed E-state index contributed by atoms with van der Waals surface area (Å²) in [6.07, 6.45) is 2.39. The van der Waals surface area contributed by atoms with E-state index >= 15 is 0 Å². The van der Waals surface area contributed by atoms with E-state index in [0.29, 0.717) is 11.6 Å². The molecule has 1 aliphatic rings. The van der Waals surface area contributed by atoms with Crippen molar-refractivity contribution < 1.29 is 4.39 Å². The zero-order valence-corrected chi connectivity index (χ0v) is 10.2. The van der Waals surface area contributed by atoms with Crippen molar-refractivity contribution in [1.82, 2.24) is 0 Å². The molecule has 0 radical (unpaired) electrons. The van der Waals surface area contributed by atoms with E-state index < -0.39 is 0 Å². The summed E-state index contributed by atoms with van der Waals surface area (Å²) in [7, 11) is 0. The summed E-state index contributed by atoms with van der Waals surface area (Å²) < 4.78 is 14.2.